The van der Waals surface area contributed by atoms with E-state index in [0.717, 1.165) is 47.9 Å². The number of aryl methyl sites for hydroxylation is 2. The minimum Gasteiger partial charge on any atom is -0.380 e. The number of aromatic nitrogens is 5. The first-order valence-corrected chi connectivity index (χ1v) is 8.76. The van der Waals surface area contributed by atoms with Crippen molar-refractivity contribution in [2.45, 2.75) is 32.4 Å². The molecule has 0 amide bonds. The van der Waals surface area contributed by atoms with Gasteiger partial charge in [0.25, 0.3) is 0 Å². The highest BCUT2D eigenvalue weighted by Crippen LogP contribution is 2.28. The lowest BCUT2D eigenvalue weighted by Gasteiger charge is -2.25. The molecule has 0 spiro atoms. The first kappa shape index (κ1) is 16.7. The van der Waals surface area contributed by atoms with Crippen LogP contribution in [0, 0.1) is 13.8 Å². The van der Waals surface area contributed by atoms with Gasteiger partial charge in [-0.25, -0.2) is 19.9 Å². The number of rotatable bonds is 5. The smallest absolute Gasteiger partial charge is 0.143 e. The molecule has 0 unspecified atom stereocenters. The van der Waals surface area contributed by atoms with E-state index in [0.29, 0.717) is 0 Å². The zero-order chi connectivity index (χ0) is 18.1. The van der Waals surface area contributed by atoms with E-state index in [1.165, 1.54) is 5.56 Å². The van der Waals surface area contributed by atoms with Gasteiger partial charge in [-0.1, -0.05) is 0 Å². The Balaban J connectivity index is 1.56. The van der Waals surface area contributed by atoms with Crippen molar-refractivity contribution in [1.82, 2.24) is 24.9 Å². The molecule has 1 aliphatic rings. The van der Waals surface area contributed by atoms with Crippen LogP contribution in [0.25, 0.3) is 11.0 Å². The van der Waals surface area contributed by atoms with Crippen molar-refractivity contribution >= 4 is 22.7 Å². The van der Waals surface area contributed by atoms with Crippen LogP contribution < -0.4 is 10.2 Å². The summed E-state index contributed by atoms with van der Waals surface area (Å²) in [6, 6.07) is 2.20. The molecule has 2 atom stereocenters. The Morgan fingerprint density at radius 3 is 2.92 bits per heavy atom. The van der Waals surface area contributed by atoms with Crippen LogP contribution in [0.1, 0.15) is 17.7 Å². The molecule has 1 fully saturated rings. The Labute approximate surface area is 152 Å². The normalized spacial score (nSPS) is 20.0. The molecule has 0 bridgehead atoms. The summed E-state index contributed by atoms with van der Waals surface area (Å²) >= 11 is 0. The molecule has 8 heteroatoms. The third-order valence-electron chi connectivity index (χ3n) is 5.17. The van der Waals surface area contributed by atoms with Crippen LogP contribution in [0.3, 0.4) is 0 Å². The molecule has 3 aromatic heterocycles. The monoisotopic (exact) mass is 353 g/mol. The molecular formula is C18H23N7O. The lowest BCUT2D eigenvalue weighted by atomic mass is 10.2. The minimum absolute atomic E-state index is 0.193. The zero-order valence-electron chi connectivity index (χ0n) is 15.2. The van der Waals surface area contributed by atoms with Crippen molar-refractivity contribution in [3.05, 3.63) is 36.2 Å². The predicted molar refractivity (Wildman–Crippen MR) is 100 cm³/mol. The Morgan fingerprint density at radius 2 is 2.15 bits per heavy atom. The molecule has 8 nitrogen and oxygen atoms in total. The van der Waals surface area contributed by atoms with Crippen molar-refractivity contribution in [3.63, 3.8) is 0 Å². The molecule has 0 aliphatic carbocycles. The van der Waals surface area contributed by atoms with Crippen LogP contribution in [-0.4, -0.2) is 57.3 Å². The number of anilines is 2. The van der Waals surface area contributed by atoms with E-state index in [-0.39, 0.29) is 12.1 Å². The molecule has 4 rings (SSSR count). The Bertz CT molecular complexity index is 895. The Kier molecular flexibility index (Phi) is 4.42. The van der Waals surface area contributed by atoms with Crippen LogP contribution in [0.5, 0.6) is 0 Å². The van der Waals surface area contributed by atoms with Crippen molar-refractivity contribution in [1.29, 1.82) is 0 Å². The van der Waals surface area contributed by atoms with Crippen molar-refractivity contribution in [3.8, 4) is 0 Å². The highest BCUT2D eigenvalue weighted by molar-refractivity contribution is 5.91. The summed E-state index contributed by atoms with van der Waals surface area (Å²) in [4.78, 5) is 22.8. The first-order chi connectivity index (χ1) is 12.7. The van der Waals surface area contributed by atoms with Gasteiger partial charge in [-0.3, -0.25) is 0 Å². The van der Waals surface area contributed by atoms with E-state index < -0.39 is 0 Å². The fraction of sp³-hybridized carbons (Fsp3) is 0.444. The lowest BCUT2D eigenvalue weighted by molar-refractivity contribution is 0.118. The van der Waals surface area contributed by atoms with E-state index in [9.17, 15) is 0 Å². The third kappa shape index (κ3) is 2.96. The number of ether oxygens (including phenoxy) is 1. The fourth-order valence-electron chi connectivity index (χ4n) is 3.62. The summed E-state index contributed by atoms with van der Waals surface area (Å²) in [6.07, 6.45) is 6.08. The maximum atomic E-state index is 5.59. The highest BCUT2D eigenvalue weighted by Gasteiger charge is 2.33. The summed E-state index contributed by atoms with van der Waals surface area (Å²) in [7, 11) is 1.76. The maximum Gasteiger partial charge on any atom is 0.143 e. The molecule has 4 heterocycles. The van der Waals surface area contributed by atoms with Gasteiger partial charge in [0, 0.05) is 32.1 Å². The maximum absolute atomic E-state index is 5.59. The van der Waals surface area contributed by atoms with E-state index in [4.69, 9.17) is 4.74 Å². The van der Waals surface area contributed by atoms with Crippen molar-refractivity contribution in [2.75, 3.05) is 30.4 Å². The number of nitrogens with zero attached hydrogens (tertiary/aromatic N) is 5. The molecule has 0 aromatic carbocycles. The van der Waals surface area contributed by atoms with E-state index in [1.807, 2.05) is 6.07 Å². The molecule has 0 saturated carbocycles. The largest absolute Gasteiger partial charge is 0.380 e. The van der Waals surface area contributed by atoms with Gasteiger partial charge in [0.2, 0.25) is 0 Å². The van der Waals surface area contributed by atoms with Gasteiger partial charge in [-0.2, -0.15) is 0 Å². The summed E-state index contributed by atoms with van der Waals surface area (Å²) in [5.74, 6) is 1.79. The average Bonchev–Trinajstić information content (AvgIpc) is 3.22. The van der Waals surface area contributed by atoms with Gasteiger partial charge in [0.05, 0.1) is 17.5 Å². The summed E-state index contributed by atoms with van der Waals surface area (Å²) in [5.41, 5.74) is 3.16. The second kappa shape index (κ2) is 6.87. The van der Waals surface area contributed by atoms with Crippen LogP contribution >= 0.6 is 0 Å². The fourth-order valence-corrected chi connectivity index (χ4v) is 3.62. The van der Waals surface area contributed by atoms with Gasteiger partial charge >= 0.3 is 0 Å². The second-order valence-electron chi connectivity index (χ2n) is 6.67. The van der Waals surface area contributed by atoms with Gasteiger partial charge in [-0.05, 0) is 31.9 Å². The molecule has 0 radical (unpaired) electrons. The van der Waals surface area contributed by atoms with Gasteiger partial charge in [0.15, 0.2) is 0 Å². The number of aromatic amines is 1. The summed E-state index contributed by atoms with van der Waals surface area (Å²) < 4.78 is 5.59. The number of methoxy groups -OCH3 is 1. The number of hydrogen-bond donors (Lipinski definition) is 2. The van der Waals surface area contributed by atoms with Crippen LogP contribution in [0.15, 0.2) is 24.9 Å². The Hall–Kier alpha value is -2.74. The minimum atomic E-state index is 0.193. The topological polar surface area (TPSA) is 91.8 Å². The van der Waals surface area contributed by atoms with E-state index in [1.54, 1.807) is 26.0 Å². The third-order valence-corrected chi connectivity index (χ3v) is 5.17. The SMILES string of the molecule is CO[C@H]1C[C@@H](CNc2ncnc3[nH]c(C)c(C)c23)N(c2ccncn2)C1. The first-order valence-electron chi connectivity index (χ1n) is 8.76. The Morgan fingerprint density at radius 1 is 1.27 bits per heavy atom. The van der Waals surface area contributed by atoms with Crippen LogP contribution in [0.2, 0.25) is 0 Å². The van der Waals surface area contributed by atoms with Crippen LogP contribution in [0.4, 0.5) is 11.6 Å². The highest BCUT2D eigenvalue weighted by atomic mass is 16.5. The van der Waals surface area contributed by atoms with Gasteiger partial charge in [-0.15, -0.1) is 0 Å². The number of fused-ring (bicyclic) bond motifs is 1. The number of hydrogen-bond acceptors (Lipinski definition) is 7. The molecule has 1 aliphatic heterocycles. The van der Waals surface area contributed by atoms with E-state index >= 15 is 0 Å². The standard InChI is InChI=1S/C18H23N7O/c1-11-12(2)24-18-16(11)17(22-10-23-18)20-7-13-6-14(26-3)8-25(13)15-4-5-19-9-21-15/h4-5,9-10,13-14H,6-8H2,1-3H3,(H2,20,22,23,24)/t13-,14-/m0/s1. The van der Waals surface area contributed by atoms with Gasteiger partial charge < -0.3 is 19.9 Å². The van der Waals surface area contributed by atoms with Crippen molar-refractivity contribution < 1.29 is 4.74 Å². The zero-order valence-corrected chi connectivity index (χ0v) is 15.2. The van der Waals surface area contributed by atoms with Crippen molar-refractivity contribution in [2.24, 2.45) is 0 Å². The molecule has 3 aromatic rings. The molecule has 1 saturated heterocycles. The number of H-pyrrole nitrogens is 1. The average molecular weight is 353 g/mol. The van der Waals surface area contributed by atoms with E-state index in [2.05, 4.69) is 49.0 Å². The molecule has 136 valence electrons. The van der Waals surface area contributed by atoms with Gasteiger partial charge in [0.1, 0.15) is 29.9 Å². The lowest BCUT2D eigenvalue weighted by Crippen LogP contribution is -2.35. The second-order valence-corrected chi connectivity index (χ2v) is 6.67. The molecule has 26 heavy (non-hydrogen) atoms. The quantitative estimate of drug-likeness (QED) is 0.725. The number of nitrogens with one attached hydrogen (secondary N) is 2. The molecular weight excluding hydrogens is 330 g/mol. The summed E-state index contributed by atoms with van der Waals surface area (Å²) in [6.45, 7) is 5.71. The predicted octanol–water partition coefficient (Wildman–Crippen LogP) is 2.07. The molecule has 2 N–H and O–H groups in total. The summed E-state index contributed by atoms with van der Waals surface area (Å²) in [5, 5.41) is 4.57. The van der Waals surface area contributed by atoms with Crippen LogP contribution in [-0.2, 0) is 4.74 Å².